The van der Waals surface area contributed by atoms with E-state index >= 15 is 0 Å². The zero-order valence-corrected chi connectivity index (χ0v) is 32.3. The molecule has 13 nitrogen and oxygen atoms in total. The molecule has 0 radical (unpaired) electrons. The molecule has 3 rings (SSSR count). The van der Waals surface area contributed by atoms with Crippen molar-refractivity contribution >= 4 is 63.5 Å². The second-order valence-electron chi connectivity index (χ2n) is 12.0. The van der Waals surface area contributed by atoms with E-state index in [-0.39, 0.29) is 61.4 Å². The summed E-state index contributed by atoms with van der Waals surface area (Å²) in [5.41, 5.74) is 1.89. The Morgan fingerprint density at radius 3 is 2.08 bits per heavy atom. The highest BCUT2D eigenvalue weighted by atomic mass is 35.5. The van der Waals surface area contributed by atoms with Crippen molar-refractivity contribution in [2.75, 3.05) is 25.1 Å². The van der Waals surface area contributed by atoms with Crippen LogP contribution in [0.4, 0.5) is 5.69 Å². The summed E-state index contributed by atoms with van der Waals surface area (Å²) in [5.74, 6) is -2.96. The second-order valence-corrected chi connectivity index (χ2v) is 14.0. The predicted octanol–water partition coefficient (Wildman–Crippen LogP) is 5.19. The number of rotatable bonds is 21. The van der Waals surface area contributed by atoms with E-state index in [0.29, 0.717) is 25.7 Å². The number of carbonyl (C=O) groups is 4. The highest BCUT2D eigenvalue weighted by molar-refractivity contribution is 7.89. The maximum absolute atomic E-state index is 14.1. The smallest absolute Gasteiger partial charge is 0.340 e. The van der Waals surface area contributed by atoms with Gasteiger partial charge in [0.2, 0.25) is 15.9 Å². The molecule has 0 fully saturated rings. The summed E-state index contributed by atoms with van der Waals surface area (Å²) >= 11 is 6.17. The average molecular weight is 796 g/mol. The highest BCUT2D eigenvalue weighted by Crippen LogP contribution is 2.29. The van der Waals surface area contributed by atoms with Crippen LogP contribution >= 0.6 is 24.0 Å². The van der Waals surface area contributed by atoms with Gasteiger partial charge in [-0.2, -0.15) is 0 Å². The molecule has 0 saturated heterocycles. The van der Waals surface area contributed by atoms with E-state index in [1.807, 2.05) is 36.4 Å². The lowest BCUT2D eigenvalue weighted by Crippen LogP contribution is -2.54. The number of esters is 2. The Balaban J connectivity index is 0.00000972. The monoisotopic (exact) mass is 794 g/mol. The number of hydrogen-bond donors (Lipinski definition) is 4. The molecule has 5 N–H and O–H groups in total. The molecule has 0 bridgehead atoms. The number of benzene rings is 3. The van der Waals surface area contributed by atoms with Gasteiger partial charge < -0.3 is 24.8 Å². The predicted molar refractivity (Wildman–Crippen MR) is 205 cm³/mol. The molecule has 0 unspecified atom stereocenters. The minimum absolute atomic E-state index is 0. The van der Waals surface area contributed by atoms with Crippen LogP contribution in [0.5, 0.6) is 0 Å². The van der Waals surface area contributed by atoms with E-state index in [2.05, 4.69) is 10.6 Å². The molecule has 0 aromatic heterocycles. The number of aryl methyl sites for hydroxylation is 1. The third kappa shape index (κ3) is 13.9. The number of carboxylic acids is 1. The Morgan fingerprint density at radius 2 is 1.51 bits per heavy atom. The van der Waals surface area contributed by atoms with Gasteiger partial charge in [-0.15, -0.1) is 12.4 Å². The van der Waals surface area contributed by atoms with Crippen molar-refractivity contribution in [1.82, 2.24) is 10.2 Å². The maximum Gasteiger partial charge on any atom is 0.340 e. The number of ether oxygens (including phenoxy) is 2. The topological polar surface area (TPSA) is 194 Å². The van der Waals surface area contributed by atoms with Crippen molar-refractivity contribution < 1.29 is 42.2 Å². The number of carbonyl (C=O) groups excluding carboxylic acids is 3. The third-order valence-electron chi connectivity index (χ3n) is 8.19. The van der Waals surface area contributed by atoms with Crippen molar-refractivity contribution in [3.8, 4) is 0 Å². The van der Waals surface area contributed by atoms with Crippen LogP contribution in [0, 0.1) is 0 Å². The van der Waals surface area contributed by atoms with Gasteiger partial charge in [0.15, 0.2) is 0 Å². The molecule has 53 heavy (non-hydrogen) atoms. The number of halogens is 2. The molecule has 3 atom stereocenters. The number of amides is 1. The van der Waals surface area contributed by atoms with Crippen LogP contribution in [0.3, 0.4) is 0 Å². The molecule has 0 spiro atoms. The molecule has 3 aromatic carbocycles. The van der Waals surface area contributed by atoms with Crippen molar-refractivity contribution in [2.24, 2.45) is 5.14 Å². The van der Waals surface area contributed by atoms with Crippen LogP contribution in [-0.2, 0) is 46.8 Å². The van der Waals surface area contributed by atoms with Gasteiger partial charge in [-0.3, -0.25) is 14.9 Å². The Labute approximate surface area is 322 Å². The second kappa shape index (κ2) is 22.1. The minimum atomic E-state index is -4.22. The van der Waals surface area contributed by atoms with Crippen molar-refractivity contribution in [3.63, 3.8) is 0 Å². The van der Waals surface area contributed by atoms with E-state index in [0.717, 1.165) is 17.2 Å². The van der Waals surface area contributed by atoms with Gasteiger partial charge >= 0.3 is 17.9 Å². The number of primary sulfonamides is 1. The van der Waals surface area contributed by atoms with Crippen LogP contribution in [-0.4, -0.2) is 80.1 Å². The fraction of sp³-hybridized carbons (Fsp3) is 0.405. The molecule has 290 valence electrons. The molecule has 0 saturated carbocycles. The first-order chi connectivity index (χ1) is 24.8. The third-order valence-corrected chi connectivity index (χ3v) is 9.57. The van der Waals surface area contributed by atoms with Crippen LogP contribution in [0.2, 0.25) is 5.02 Å². The van der Waals surface area contributed by atoms with Crippen molar-refractivity contribution in [1.29, 1.82) is 0 Å². The van der Waals surface area contributed by atoms with Gasteiger partial charge in [-0.05, 0) is 76.1 Å². The number of aliphatic carboxylic acids is 1. The summed E-state index contributed by atoms with van der Waals surface area (Å²) in [6.45, 7) is 5.39. The van der Waals surface area contributed by atoms with Gasteiger partial charge in [0, 0.05) is 13.1 Å². The fourth-order valence-electron chi connectivity index (χ4n) is 5.61. The first kappa shape index (κ1) is 44.9. The van der Waals surface area contributed by atoms with Crippen LogP contribution < -0.4 is 15.8 Å². The highest BCUT2D eigenvalue weighted by Gasteiger charge is 2.34. The van der Waals surface area contributed by atoms with Gasteiger partial charge in [-0.1, -0.05) is 72.3 Å². The van der Waals surface area contributed by atoms with Gasteiger partial charge in [-0.25, -0.2) is 23.1 Å². The zero-order chi connectivity index (χ0) is 38.3. The number of nitrogens with two attached hydrogens (primary N) is 1. The Bertz CT molecular complexity index is 1770. The van der Waals surface area contributed by atoms with Crippen LogP contribution in [0.15, 0.2) is 77.7 Å². The lowest BCUT2D eigenvalue weighted by Gasteiger charge is -2.33. The molecule has 3 aromatic rings. The summed E-state index contributed by atoms with van der Waals surface area (Å²) in [5, 5.41) is 21.6. The largest absolute Gasteiger partial charge is 0.480 e. The summed E-state index contributed by atoms with van der Waals surface area (Å²) in [4.78, 5) is 53.2. The number of unbranched alkanes of at least 4 members (excludes halogenated alkanes) is 1. The lowest BCUT2D eigenvalue weighted by molar-refractivity contribution is -0.153. The van der Waals surface area contributed by atoms with Crippen LogP contribution in [0.1, 0.15) is 67.9 Å². The summed E-state index contributed by atoms with van der Waals surface area (Å²) in [6.07, 6.45) is 1.77. The Kier molecular flexibility index (Phi) is 18.8. The summed E-state index contributed by atoms with van der Waals surface area (Å²) in [7, 11) is -4.22. The van der Waals surface area contributed by atoms with E-state index < -0.39 is 56.9 Å². The van der Waals surface area contributed by atoms with Crippen molar-refractivity contribution in [2.45, 2.75) is 82.4 Å². The number of sulfonamides is 1. The van der Waals surface area contributed by atoms with E-state index in [1.54, 1.807) is 45.0 Å². The van der Waals surface area contributed by atoms with E-state index in [4.69, 9.17) is 26.2 Å². The molecular weight excluding hydrogens is 747 g/mol. The molecular formula is C37H48Cl2N4O9S. The van der Waals surface area contributed by atoms with E-state index in [9.17, 15) is 32.7 Å². The zero-order valence-electron chi connectivity index (χ0n) is 30.0. The van der Waals surface area contributed by atoms with Crippen LogP contribution in [0.25, 0.3) is 0 Å². The first-order valence-corrected chi connectivity index (χ1v) is 19.0. The van der Waals surface area contributed by atoms with Gasteiger partial charge in [0.1, 0.15) is 17.0 Å². The number of carboxylic acid groups (broad SMARTS) is 1. The minimum Gasteiger partial charge on any atom is -0.480 e. The summed E-state index contributed by atoms with van der Waals surface area (Å²) in [6, 6.07) is 18.0. The molecule has 0 aliphatic carbocycles. The van der Waals surface area contributed by atoms with Gasteiger partial charge in [0.25, 0.3) is 0 Å². The average Bonchev–Trinajstić information content (AvgIpc) is 3.10. The molecule has 0 heterocycles. The normalized spacial score (nSPS) is 12.8. The molecule has 0 aliphatic heterocycles. The molecule has 0 aliphatic rings. The Morgan fingerprint density at radius 1 is 0.906 bits per heavy atom. The lowest BCUT2D eigenvalue weighted by atomic mass is 10.0. The number of nitrogens with one attached hydrogen (secondary N) is 2. The fourth-order valence-corrected chi connectivity index (χ4v) is 6.70. The molecule has 1 amide bonds. The number of hydrogen-bond acceptors (Lipinski definition) is 10. The SMILES string of the molecule is CCOC(=O)c1cc(S(N)(=O)=O)c(Cl)cc1NCCCC[C@H](C(=O)O)N(Cc1ccccc1)C(=O)[C@H](C)N[C@@H](CCc1ccccc1)C(=O)OCC.Cl. The molecule has 16 heteroatoms. The van der Waals surface area contributed by atoms with Gasteiger partial charge in [0.05, 0.1) is 35.5 Å². The quantitative estimate of drug-likeness (QED) is 0.0819. The number of anilines is 1. The number of nitrogens with zero attached hydrogens (tertiary/aromatic N) is 1. The standard InChI is InChI=1S/C37H47ClN4O9S.ClH/c1-4-50-36(46)28-22-33(52(39,48)49)29(38)23-31(28)40-21-13-12-18-32(35(44)45)42(24-27-16-10-7-11-17-27)34(43)25(3)41-30(37(47)51-5-2)20-19-26-14-8-6-9-15-26;/h6-11,14-17,22-23,25,30,32,40-41H,4-5,12-13,18-21,24H2,1-3H3,(H,44,45)(H2,39,48,49);1H/t25-,30-,32+;/m0./s1. The Hall–Kier alpha value is -4.21. The first-order valence-electron chi connectivity index (χ1n) is 17.1. The maximum atomic E-state index is 14.1. The van der Waals surface area contributed by atoms with Crippen molar-refractivity contribution in [3.05, 3.63) is 94.5 Å². The summed E-state index contributed by atoms with van der Waals surface area (Å²) < 4.78 is 34.3. The van der Waals surface area contributed by atoms with E-state index in [1.165, 1.54) is 11.0 Å².